The van der Waals surface area contributed by atoms with Gasteiger partial charge in [0.05, 0.1) is 6.33 Å². The highest BCUT2D eigenvalue weighted by atomic mass is 16.3. The molecule has 3 rings (SSSR count). The Morgan fingerprint density at radius 3 is 3.00 bits per heavy atom. The first-order valence-corrected chi connectivity index (χ1v) is 6.70. The van der Waals surface area contributed by atoms with E-state index in [2.05, 4.69) is 29.1 Å². The topological polar surface area (TPSA) is 60.9 Å². The van der Waals surface area contributed by atoms with Crippen LogP contribution in [0.1, 0.15) is 47.7 Å². The molecule has 3 N–H and O–H groups in total. The molecule has 1 aliphatic carbocycles. The van der Waals surface area contributed by atoms with Gasteiger partial charge in [-0.25, -0.2) is 4.98 Å². The van der Waals surface area contributed by atoms with Gasteiger partial charge in [0.1, 0.15) is 5.75 Å². The molecule has 0 bridgehead atoms. The summed E-state index contributed by atoms with van der Waals surface area (Å²) in [5, 5.41) is 13.6. The lowest BCUT2D eigenvalue weighted by Gasteiger charge is -2.15. The number of phenols is 1. The minimum Gasteiger partial charge on any atom is -0.508 e. The molecule has 1 aliphatic rings. The summed E-state index contributed by atoms with van der Waals surface area (Å²) < 4.78 is 0. The third-order valence-corrected chi connectivity index (χ3v) is 4.01. The molecule has 0 fully saturated rings. The lowest BCUT2D eigenvalue weighted by Crippen LogP contribution is -2.19. The fourth-order valence-corrected chi connectivity index (χ4v) is 3.14. The van der Waals surface area contributed by atoms with Crippen molar-refractivity contribution in [3.63, 3.8) is 0 Å². The quantitative estimate of drug-likeness (QED) is 0.792. The molecule has 2 atom stereocenters. The number of nitrogens with zero attached hydrogens (tertiary/aromatic N) is 1. The normalized spacial score (nSPS) is 21.6. The maximum Gasteiger partial charge on any atom is 0.120 e. The molecular formula is C15H19N3O. The molecule has 4 heteroatoms. The summed E-state index contributed by atoms with van der Waals surface area (Å²) in [6.07, 6.45) is 4.54. The second-order valence-electron chi connectivity index (χ2n) is 5.38. The van der Waals surface area contributed by atoms with Crippen LogP contribution in [0.5, 0.6) is 5.75 Å². The SMILES string of the molecule is Cc1ccc(O)c2c1C(C)CC2NCc1cnc[nH]1. The molecule has 0 amide bonds. The highest BCUT2D eigenvalue weighted by Crippen LogP contribution is 2.45. The van der Waals surface area contributed by atoms with Crippen LogP contribution in [-0.4, -0.2) is 15.1 Å². The highest BCUT2D eigenvalue weighted by molar-refractivity contribution is 5.50. The van der Waals surface area contributed by atoms with Crippen molar-refractivity contribution in [2.24, 2.45) is 0 Å². The van der Waals surface area contributed by atoms with Crippen LogP contribution in [0.3, 0.4) is 0 Å². The molecule has 1 aromatic carbocycles. The average molecular weight is 257 g/mol. The average Bonchev–Trinajstić information content (AvgIpc) is 2.99. The zero-order valence-corrected chi connectivity index (χ0v) is 11.3. The van der Waals surface area contributed by atoms with Gasteiger partial charge < -0.3 is 15.4 Å². The monoisotopic (exact) mass is 257 g/mol. The number of phenolic OH excluding ortho intramolecular Hbond substituents is 1. The number of imidazole rings is 1. The molecule has 100 valence electrons. The van der Waals surface area contributed by atoms with Gasteiger partial charge in [-0.15, -0.1) is 0 Å². The van der Waals surface area contributed by atoms with Gasteiger partial charge in [-0.2, -0.15) is 0 Å². The fraction of sp³-hybridized carbons (Fsp3) is 0.400. The Labute approximate surface area is 112 Å². The predicted octanol–water partition coefficient (Wildman–Crippen LogP) is 2.76. The van der Waals surface area contributed by atoms with E-state index in [1.807, 2.05) is 12.3 Å². The van der Waals surface area contributed by atoms with E-state index in [-0.39, 0.29) is 6.04 Å². The summed E-state index contributed by atoms with van der Waals surface area (Å²) in [7, 11) is 0. The third-order valence-electron chi connectivity index (χ3n) is 4.01. The summed E-state index contributed by atoms with van der Waals surface area (Å²) in [5.74, 6) is 0.897. The van der Waals surface area contributed by atoms with E-state index in [1.165, 1.54) is 11.1 Å². The molecule has 1 aromatic heterocycles. The van der Waals surface area contributed by atoms with Crippen LogP contribution in [-0.2, 0) is 6.54 Å². The minimum absolute atomic E-state index is 0.216. The zero-order chi connectivity index (χ0) is 13.4. The van der Waals surface area contributed by atoms with E-state index >= 15 is 0 Å². The molecule has 2 aromatic rings. The number of H-pyrrole nitrogens is 1. The third kappa shape index (κ3) is 2.12. The molecule has 1 heterocycles. The Kier molecular flexibility index (Phi) is 3.03. The first-order chi connectivity index (χ1) is 9.16. The van der Waals surface area contributed by atoms with Crippen molar-refractivity contribution >= 4 is 0 Å². The van der Waals surface area contributed by atoms with E-state index in [1.54, 1.807) is 12.4 Å². The minimum atomic E-state index is 0.216. The van der Waals surface area contributed by atoms with Crippen molar-refractivity contribution < 1.29 is 5.11 Å². The van der Waals surface area contributed by atoms with Gasteiger partial charge in [0, 0.05) is 30.0 Å². The van der Waals surface area contributed by atoms with E-state index in [9.17, 15) is 5.11 Å². The molecule has 19 heavy (non-hydrogen) atoms. The second kappa shape index (κ2) is 4.70. The number of fused-ring (bicyclic) bond motifs is 1. The highest BCUT2D eigenvalue weighted by Gasteiger charge is 2.31. The van der Waals surface area contributed by atoms with Crippen molar-refractivity contribution in [3.8, 4) is 5.75 Å². The van der Waals surface area contributed by atoms with Crippen molar-refractivity contribution in [3.05, 3.63) is 47.0 Å². The van der Waals surface area contributed by atoms with E-state index in [4.69, 9.17) is 0 Å². The molecule has 0 radical (unpaired) electrons. The van der Waals surface area contributed by atoms with E-state index in [0.29, 0.717) is 11.7 Å². The summed E-state index contributed by atoms with van der Waals surface area (Å²) in [6, 6.07) is 4.02. The van der Waals surface area contributed by atoms with Crippen molar-refractivity contribution in [1.82, 2.24) is 15.3 Å². The van der Waals surface area contributed by atoms with E-state index < -0.39 is 0 Å². The first-order valence-electron chi connectivity index (χ1n) is 6.70. The molecule has 0 spiro atoms. The number of hydrogen-bond donors (Lipinski definition) is 3. The van der Waals surface area contributed by atoms with Gasteiger partial charge in [-0.3, -0.25) is 0 Å². The van der Waals surface area contributed by atoms with Crippen LogP contribution in [0.15, 0.2) is 24.7 Å². The number of aromatic hydroxyl groups is 1. The van der Waals surface area contributed by atoms with E-state index in [0.717, 1.165) is 24.2 Å². The Morgan fingerprint density at radius 1 is 1.42 bits per heavy atom. The van der Waals surface area contributed by atoms with Crippen LogP contribution in [0.2, 0.25) is 0 Å². The van der Waals surface area contributed by atoms with Gasteiger partial charge >= 0.3 is 0 Å². The van der Waals surface area contributed by atoms with Crippen molar-refractivity contribution in [2.75, 3.05) is 0 Å². The number of aryl methyl sites for hydroxylation is 1. The summed E-state index contributed by atoms with van der Waals surface area (Å²) >= 11 is 0. The first kappa shape index (κ1) is 12.2. The Morgan fingerprint density at radius 2 is 2.26 bits per heavy atom. The van der Waals surface area contributed by atoms with Gasteiger partial charge in [0.25, 0.3) is 0 Å². The Bertz CT molecular complexity index is 577. The smallest absolute Gasteiger partial charge is 0.120 e. The van der Waals surface area contributed by atoms with Gasteiger partial charge in [0.2, 0.25) is 0 Å². The molecule has 0 saturated heterocycles. The van der Waals surface area contributed by atoms with Crippen LogP contribution in [0, 0.1) is 6.92 Å². The lowest BCUT2D eigenvalue weighted by atomic mass is 9.97. The fourth-order valence-electron chi connectivity index (χ4n) is 3.14. The van der Waals surface area contributed by atoms with Crippen molar-refractivity contribution in [1.29, 1.82) is 0 Å². The zero-order valence-electron chi connectivity index (χ0n) is 11.3. The molecule has 0 aliphatic heterocycles. The standard InChI is InChI=1S/C15H19N3O/c1-9-3-4-13(19)15-12(5-10(2)14(9)15)17-7-11-6-16-8-18-11/h3-4,6,8,10,12,17,19H,5,7H2,1-2H3,(H,16,18). The number of hydrogen-bond acceptors (Lipinski definition) is 3. The largest absolute Gasteiger partial charge is 0.508 e. The number of benzene rings is 1. The summed E-state index contributed by atoms with van der Waals surface area (Å²) in [6.45, 7) is 5.08. The van der Waals surface area contributed by atoms with Gasteiger partial charge in [-0.1, -0.05) is 13.0 Å². The second-order valence-corrected chi connectivity index (χ2v) is 5.38. The van der Waals surface area contributed by atoms with Crippen LogP contribution in [0.25, 0.3) is 0 Å². The lowest BCUT2D eigenvalue weighted by molar-refractivity contribution is 0.444. The Hall–Kier alpha value is -1.81. The van der Waals surface area contributed by atoms with Gasteiger partial charge in [-0.05, 0) is 36.5 Å². The predicted molar refractivity (Wildman–Crippen MR) is 74.0 cm³/mol. The molecule has 4 nitrogen and oxygen atoms in total. The number of rotatable bonds is 3. The van der Waals surface area contributed by atoms with Gasteiger partial charge in [0.15, 0.2) is 0 Å². The molecule has 0 saturated carbocycles. The van der Waals surface area contributed by atoms with Crippen molar-refractivity contribution in [2.45, 2.75) is 38.8 Å². The van der Waals surface area contributed by atoms with Crippen LogP contribution < -0.4 is 5.32 Å². The molecular weight excluding hydrogens is 238 g/mol. The summed E-state index contributed by atoms with van der Waals surface area (Å²) in [5.41, 5.74) is 4.72. The number of aromatic amines is 1. The molecule has 2 unspecified atom stereocenters. The van der Waals surface area contributed by atoms with Crippen LogP contribution in [0.4, 0.5) is 0 Å². The summed E-state index contributed by atoms with van der Waals surface area (Å²) in [4.78, 5) is 7.10. The number of aromatic nitrogens is 2. The maximum atomic E-state index is 10.1. The van der Waals surface area contributed by atoms with Crippen LogP contribution >= 0.6 is 0 Å². The number of nitrogens with one attached hydrogen (secondary N) is 2. The maximum absolute atomic E-state index is 10.1. The Balaban J connectivity index is 1.85.